The molecule has 0 amide bonds. The predicted octanol–water partition coefficient (Wildman–Crippen LogP) is 3.09. The van der Waals surface area contributed by atoms with Crippen molar-refractivity contribution >= 4 is 11.0 Å². The van der Waals surface area contributed by atoms with Crippen LogP contribution >= 0.6 is 0 Å². The predicted molar refractivity (Wildman–Crippen MR) is 79.2 cm³/mol. The third-order valence-electron chi connectivity index (χ3n) is 4.65. The molecule has 21 heavy (non-hydrogen) atoms. The molecule has 0 fully saturated rings. The summed E-state index contributed by atoms with van der Waals surface area (Å²) in [6, 6.07) is 1.68. The van der Waals surface area contributed by atoms with Crippen LogP contribution in [0.1, 0.15) is 43.4 Å². The van der Waals surface area contributed by atoms with E-state index in [1.165, 1.54) is 0 Å². The molecule has 1 aliphatic carbocycles. The lowest BCUT2D eigenvalue weighted by Crippen LogP contribution is -2.32. The molecule has 0 radical (unpaired) electrons. The molecule has 2 aromatic rings. The summed E-state index contributed by atoms with van der Waals surface area (Å²) in [4.78, 5) is 12.2. The largest absolute Gasteiger partial charge is 0.507 e. The number of fused-ring (bicyclic) bond motifs is 5. The summed E-state index contributed by atoms with van der Waals surface area (Å²) >= 11 is 0. The quantitative estimate of drug-likeness (QED) is 0.756. The topological polar surface area (TPSA) is 59.7 Å². The van der Waals surface area contributed by atoms with Crippen LogP contribution in [0.3, 0.4) is 0 Å². The monoisotopic (exact) mass is 286 g/mol. The minimum absolute atomic E-state index is 0.156. The highest BCUT2D eigenvalue weighted by Crippen LogP contribution is 2.43. The number of aryl methyl sites for hydroxylation is 2. The summed E-state index contributed by atoms with van der Waals surface area (Å²) in [6.07, 6.45) is 4.17. The minimum Gasteiger partial charge on any atom is -0.507 e. The number of ether oxygens (including phenoxy) is 1. The summed E-state index contributed by atoms with van der Waals surface area (Å²) in [6.45, 7) is 4.05. The zero-order valence-corrected chi connectivity index (χ0v) is 12.3. The van der Waals surface area contributed by atoms with E-state index >= 15 is 0 Å². The number of hydrogen-bond donors (Lipinski definition) is 1. The van der Waals surface area contributed by atoms with E-state index in [1.54, 1.807) is 6.07 Å². The zero-order valence-electron chi connectivity index (χ0n) is 12.3. The van der Waals surface area contributed by atoms with Crippen molar-refractivity contribution in [2.75, 3.05) is 0 Å². The number of rotatable bonds is 0. The van der Waals surface area contributed by atoms with Gasteiger partial charge in [-0.3, -0.25) is 0 Å². The Morgan fingerprint density at radius 1 is 1.14 bits per heavy atom. The fourth-order valence-corrected chi connectivity index (χ4v) is 3.57. The van der Waals surface area contributed by atoms with Crippen molar-refractivity contribution in [2.45, 2.75) is 51.6 Å². The van der Waals surface area contributed by atoms with E-state index in [4.69, 9.17) is 9.15 Å². The normalized spacial score (nSPS) is 19.1. The van der Waals surface area contributed by atoms with Crippen molar-refractivity contribution in [1.29, 1.82) is 0 Å². The second-order valence-electron chi connectivity index (χ2n) is 6.64. The van der Waals surface area contributed by atoms with Crippen LogP contribution in [0.4, 0.5) is 0 Å². The molecular formula is C17H18O4. The lowest BCUT2D eigenvalue weighted by Gasteiger charge is -2.33. The Morgan fingerprint density at radius 2 is 1.90 bits per heavy atom. The smallest absolute Gasteiger partial charge is 0.339 e. The molecule has 4 rings (SSSR count). The van der Waals surface area contributed by atoms with Gasteiger partial charge in [0, 0.05) is 17.2 Å². The fraction of sp³-hybridized carbons (Fsp3) is 0.471. The SMILES string of the molecule is CC1(C)CCc2c(cc(O)c3c4c(c(=O)oc23)CCC4)O1. The molecule has 0 saturated carbocycles. The van der Waals surface area contributed by atoms with Crippen LogP contribution in [-0.2, 0) is 19.3 Å². The minimum atomic E-state index is -0.260. The van der Waals surface area contributed by atoms with E-state index in [9.17, 15) is 9.90 Å². The molecule has 4 heteroatoms. The maximum Gasteiger partial charge on any atom is 0.339 e. The highest BCUT2D eigenvalue weighted by molar-refractivity contribution is 5.92. The molecule has 0 spiro atoms. The second-order valence-corrected chi connectivity index (χ2v) is 6.64. The molecule has 2 aliphatic rings. The van der Waals surface area contributed by atoms with E-state index < -0.39 is 0 Å². The maximum atomic E-state index is 12.2. The maximum absolute atomic E-state index is 12.2. The lowest BCUT2D eigenvalue weighted by molar-refractivity contribution is 0.0846. The highest BCUT2D eigenvalue weighted by atomic mass is 16.5. The van der Waals surface area contributed by atoms with Crippen LogP contribution in [0.5, 0.6) is 11.5 Å². The van der Waals surface area contributed by atoms with Crippen LogP contribution < -0.4 is 10.4 Å². The molecule has 0 bridgehead atoms. The first-order chi connectivity index (χ1) is 9.96. The van der Waals surface area contributed by atoms with Gasteiger partial charge in [-0.1, -0.05) is 0 Å². The van der Waals surface area contributed by atoms with Gasteiger partial charge in [0.05, 0.1) is 5.39 Å². The van der Waals surface area contributed by atoms with Gasteiger partial charge < -0.3 is 14.3 Å². The van der Waals surface area contributed by atoms with Gasteiger partial charge in [0.15, 0.2) is 0 Å². The van der Waals surface area contributed by atoms with Crippen molar-refractivity contribution in [3.05, 3.63) is 33.2 Å². The summed E-state index contributed by atoms with van der Waals surface area (Å²) in [7, 11) is 0. The van der Waals surface area contributed by atoms with Gasteiger partial charge in [0.25, 0.3) is 0 Å². The van der Waals surface area contributed by atoms with Crippen molar-refractivity contribution in [2.24, 2.45) is 0 Å². The van der Waals surface area contributed by atoms with Crippen LogP contribution in [-0.4, -0.2) is 10.7 Å². The first kappa shape index (κ1) is 12.7. The molecule has 1 N–H and O–H groups in total. The molecule has 0 atom stereocenters. The van der Waals surface area contributed by atoms with Gasteiger partial charge in [0.2, 0.25) is 0 Å². The van der Waals surface area contributed by atoms with Crippen molar-refractivity contribution in [3.63, 3.8) is 0 Å². The Hall–Kier alpha value is -1.97. The molecule has 2 heterocycles. The molecule has 1 aromatic carbocycles. The first-order valence-electron chi connectivity index (χ1n) is 7.49. The van der Waals surface area contributed by atoms with Gasteiger partial charge in [-0.05, 0) is 51.5 Å². The number of phenolic OH excluding ortho intramolecular Hbond substituents is 1. The summed E-state index contributed by atoms with van der Waals surface area (Å²) in [5, 5.41) is 11.1. The van der Waals surface area contributed by atoms with Crippen LogP contribution in [0.25, 0.3) is 11.0 Å². The van der Waals surface area contributed by atoms with Crippen LogP contribution in [0, 0.1) is 0 Å². The highest BCUT2D eigenvalue weighted by Gasteiger charge is 2.31. The zero-order chi connectivity index (χ0) is 14.8. The molecule has 0 unspecified atom stereocenters. The van der Waals surface area contributed by atoms with Crippen molar-refractivity contribution < 1.29 is 14.3 Å². The average molecular weight is 286 g/mol. The Balaban J connectivity index is 2.08. The van der Waals surface area contributed by atoms with Crippen molar-refractivity contribution in [1.82, 2.24) is 0 Å². The third kappa shape index (κ3) is 1.78. The molecule has 0 saturated heterocycles. The van der Waals surface area contributed by atoms with Crippen LogP contribution in [0.15, 0.2) is 15.3 Å². The van der Waals surface area contributed by atoms with E-state index in [1.807, 2.05) is 13.8 Å². The Labute approximate surface area is 122 Å². The van der Waals surface area contributed by atoms with Gasteiger partial charge >= 0.3 is 5.63 Å². The van der Waals surface area contributed by atoms with E-state index in [2.05, 4.69) is 0 Å². The van der Waals surface area contributed by atoms with Crippen molar-refractivity contribution in [3.8, 4) is 11.5 Å². The van der Waals surface area contributed by atoms with E-state index in [0.717, 1.165) is 48.8 Å². The standard InChI is InChI=1S/C17H18O4/c1-17(2)7-6-11-13(21-17)8-12(18)14-9-4-3-5-10(9)16(19)20-15(11)14/h8,18H,3-7H2,1-2H3. The third-order valence-corrected chi connectivity index (χ3v) is 4.65. The first-order valence-corrected chi connectivity index (χ1v) is 7.49. The average Bonchev–Trinajstić information content (AvgIpc) is 2.86. The van der Waals surface area contributed by atoms with Gasteiger partial charge in [-0.2, -0.15) is 0 Å². The van der Waals surface area contributed by atoms with E-state index in [0.29, 0.717) is 16.7 Å². The fourth-order valence-electron chi connectivity index (χ4n) is 3.57. The second kappa shape index (κ2) is 4.03. The lowest BCUT2D eigenvalue weighted by atomic mass is 9.92. The van der Waals surface area contributed by atoms with Crippen LogP contribution in [0.2, 0.25) is 0 Å². The molecule has 110 valence electrons. The van der Waals surface area contributed by atoms with Gasteiger partial charge in [0.1, 0.15) is 22.7 Å². The molecule has 4 nitrogen and oxygen atoms in total. The van der Waals surface area contributed by atoms with E-state index in [-0.39, 0.29) is 17.0 Å². The van der Waals surface area contributed by atoms with Gasteiger partial charge in [-0.25, -0.2) is 4.79 Å². The molecule has 1 aromatic heterocycles. The number of benzene rings is 1. The Kier molecular flexibility index (Phi) is 2.44. The summed E-state index contributed by atoms with van der Waals surface area (Å²) < 4.78 is 11.5. The molecular weight excluding hydrogens is 268 g/mol. The Morgan fingerprint density at radius 3 is 2.71 bits per heavy atom. The summed E-state index contributed by atoms with van der Waals surface area (Å²) in [5.74, 6) is 0.792. The van der Waals surface area contributed by atoms with Gasteiger partial charge in [-0.15, -0.1) is 0 Å². The number of hydrogen-bond acceptors (Lipinski definition) is 4. The summed E-state index contributed by atoms with van der Waals surface area (Å²) in [5.41, 5.74) is 2.61. The number of phenols is 1. The Bertz CT molecular complexity index is 814. The number of aromatic hydroxyl groups is 1. The molecule has 1 aliphatic heterocycles.